The van der Waals surface area contributed by atoms with Crippen molar-refractivity contribution in [2.75, 3.05) is 0 Å². The van der Waals surface area contributed by atoms with Gasteiger partial charge in [-0.3, -0.25) is 0 Å². The number of hydrogen-bond donors (Lipinski definition) is 0. The number of rotatable bonds is 2. The lowest BCUT2D eigenvalue weighted by atomic mass is 9.92. The van der Waals surface area contributed by atoms with E-state index in [9.17, 15) is 0 Å². The van der Waals surface area contributed by atoms with E-state index in [0.29, 0.717) is 4.83 Å². The molecule has 0 bridgehead atoms. The number of benzene rings is 1. The molecule has 0 nitrogen and oxygen atoms in total. The molecule has 1 aromatic carbocycles. The number of halogens is 1. The largest absolute Gasteiger partial charge is 0.146 e. The summed E-state index contributed by atoms with van der Waals surface area (Å²) in [4.78, 5) is 3.46. The summed E-state index contributed by atoms with van der Waals surface area (Å²) < 4.78 is 0. The molecule has 2 heteroatoms. The van der Waals surface area contributed by atoms with E-state index in [1.165, 1.54) is 28.2 Å². The molecule has 1 fully saturated rings. The van der Waals surface area contributed by atoms with Gasteiger partial charge >= 0.3 is 0 Å². The third kappa shape index (κ3) is 1.92. The van der Waals surface area contributed by atoms with Gasteiger partial charge in [-0.1, -0.05) is 40.2 Å². The zero-order chi connectivity index (χ0) is 13.9. The summed E-state index contributed by atoms with van der Waals surface area (Å²) in [5.41, 5.74) is 4.75. The number of alkyl halides is 1. The highest BCUT2D eigenvalue weighted by Crippen LogP contribution is 2.66. The fraction of sp³-hybridized carbons (Fsp3) is 0.444. The van der Waals surface area contributed by atoms with Crippen molar-refractivity contribution in [1.29, 1.82) is 0 Å². The van der Waals surface area contributed by atoms with Crippen LogP contribution in [0.3, 0.4) is 0 Å². The minimum absolute atomic E-state index is 0.536. The van der Waals surface area contributed by atoms with Crippen LogP contribution in [0.25, 0.3) is 0 Å². The van der Waals surface area contributed by atoms with Crippen molar-refractivity contribution in [1.82, 2.24) is 0 Å². The molecule has 0 aliphatic heterocycles. The second kappa shape index (κ2) is 4.71. The summed E-state index contributed by atoms with van der Waals surface area (Å²) >= 11 is 5.96. The highest BCUT2D eigenvalue weighted by atomic mass is 79.9. The molecule has 0 radical (unpaired) electrons. The average Bonchev–Trinajstić information content (AvgIpc) is 3.09. The van der Waals surface area contributed by atoms with Gasteiger partial charge < -0.3 is 0 Å². The first kappa shape index (κ1) is 13.1. The minimum Gasteiger partial charge on any atom is -0.146 e. The van der Waals surface area contributed by atoms with E-state index < -0.39 is 0 Å². The first-order valence-corrected chi connectivity index (χ1v) is 9.19. The molecule has 0 amide bonds. The highest BCUT2D eigenvalue weighted by Gasteiger charge is 2.56. The molecule has 4 rings (SSSR count). The Bertz CT molecular complexity index is 657. The standard InChI is InChI=1S/C18H19BrS/c1-10-9-15(11(2)20-10)18(19)17-14-8-7-12-5-3-4-6-13(12)16(14)17/h3-6,9,14,16-18H,7-8H2,1-2H3. The summed E-state index contributed by atoms with van der Waals surface area (Å²) in [7, 11) is 0. The van der Waals surface area contributed by atoms with E-state index in [0.717, 1.165) is 17.8 Å². The molecule has 4 atom stereocenters. The first-order chi connectivity index (χ1) is 9.66. The van der Waals surface area contributed by atoms with Crippen LogP contribution >= 0.6 is 27.3 Å². The lowest BCUT2D eigenvalue weighted by Gasteiger charge is -2.13. The molecule has 0 saturated heterocycles. The maximum atomic E-state index is 4.03. The zero-order valence-corrected chi connectivity index (χ0v) is 14.3. The predicted molar refractivity (Wildman–Crippen MR) is 89.9 cm³/mol. The smallest absolute Gasteiger partial charge is 0.0443 e. The summed E-state index contributed by atoms with van der Waals surface area (Å²) in [6.45, 7) is 4.48. The van der Waals surface area contributed by atoms with Crippen LogP contribution in [-0.4, -0.2) is 0 Å². The second-order valence-electron chi connectivity index (χ2n) is 6.27. The van der Waals surface area contributed by atoms with Gasteiger partial charge in [-0.05, 0) is 67.2 Å². The molecular weight excluding hydrogens is 328 g/mol. The van der Waals surface area contributed by atoms with E-state index in [1.54, 1.807) is 11.1 Å². The molecular formula is C18H19BrS. The van der Waals surface area contributed by atoms with Gasteiger partial charge in [0.05, 0.1) is 0 Å². The summed E-state index contributed by atoms with van der Waals surface area (Å²) in [5.74, 6) is 2.49. The van der Waals surface area contributed by atoms with Crippen molar-refractivity contribution in [3.05, 3.63) is 56.8 Å². The van der Waals surface area contributed by atoms with Crippen LogP contribution in [0.5, 0.6) is 0 Å². The van der Waals surface area contributed by atoms with Crippen LogP contribution in [0.1, 0.15) is 43.6 Å². The summed E-state index contributed by atoms with van der Waals surface area (Å²) in [5, 5.41) is 0. The van der Waals surface area contributed by atoms with E-state index in [-0.39, 0.29) is 0 Å². The lowest BCUT2D eigenvalue weighted by Crippen LogP contribution is -2.00. The summed E-state index contributed by atoms with van der Waals surface area (Å²) in [6.07, 6.45) is 2.64. The van der Waals surface area contributed by atoms with Crippen LogP contribution < -0.4 is 0 Å². The quantitative estimate of drug-likeness (QED) is 0.605. The van der Waals surface area contributed by atoms with Gasteiger partial charge in [0.2, 0.25) is 0 Å². The Labute approximate surface area is 133 Å². The molecule has 2 aliphatic carbocycles. The Morgan fingerprint density at radius 1 is 1.25 bits per heavy atom. The topological polar surface area (TPSA) is 0 Å². The predicted octanol–water partition coefficient (Wildman–Crippen LogP) is 5.78. The first-order valence-electron chi connectivity index (χ1n) is 7.45. The van der Waals surface area contributed by atoms with Gasteiger partial charge in [-0.25, -0.2) is 0 Å². The Balaban J connectivity index is 1.65. The Morgan fingerprint density at radius 3 is 2.80 bits per heavy atom. The van der Waals surface area contributed by atoms with E-state index >= 15 is 0 Å². The minimum atomic E-state index is 0.536. The van der Waals surface area contributed by atoms with Gasteiger partial charge in [0.25, 0.3) is 0 Å². The molecule has 1 aromatic heterocycles. The Hall–Kier alpha value is -0.600. The van der Waals surface area contributed by atoms with Crippen LogP contribution in [0.15, 0.2) is 30.3 Å². The molecule has 1 saturated carbocycles. The molecule has 20 heavy (non-hydrogen) atoms. The highest BCUT2D eigenvalue weighted by molar-refractivity contribution is 9.09. The maximum absolute atomic E-state index is 4.03. The SMILES string of the molecule is Cc1cc(C(Br)C2C3CCc4ccccc4C32)c(C)s1. The molecule has 1 heterocycles. The van der Waals surface area contributed by atoms with Gasteiger partial charge in [-0.15, -0.1) is 11.3 Å². The van der Waals surface area contributed by atoms with Crippen molar-refractivity contribution in [3.8, 4) is 0 Å². The molecule has 0 N–H and O–H groups in total. The Morgan fingerprint density at radius 2 is 2.05 bits per heavy atom. The van der Waals surface area contributed by atoms with Crippen LogP contribution in [0.4, 0.5) is 0 Å². The average molecular weight is 347 g/mol. The van der Waals surface area contributed by atoms with Crippen LogP contribution in [-0.2, 0) is 6.42 Å². The monoisotopic (exact) mass is 346 g/mol. The molecule has 104 valence electrons. The van der Waals surface area contributed by atoms with Crippen LogP contribution in [0.2, 0.25) is 0 Å². The Kier molecular flexibility index (Phi) is 3.08. The van der Waals surface area contributed by atoms with Crippen molar-refractivity contribution in [3.63, 3.8) is 0 Å². The van der Waals surface area contributed by atoms with Crippen molar-refractivity contribution < 1.29 is 0 Å². The third-order valence-corrected chi connectivity index (χ3v) is 7.19. The van der Waals surface area contributed by atoms with Crippen LogP contribution in [0, 0.1) is 25.7 Å². The van der Waals surface area contributed by atoms with Gasteiger partial charge in [-0.2, -0.15) is 0 Å². The van der Waals surface area contributed by atoms with Gasteiger partial charge in [0.15, 0.2) is 0 Å². The second-order valence-corrected chi connectivity index (χ2v) is 8.72. The van der Waals surface area contributed by atoms with Crippen molar-refractivity contribution >= 4 is 27.3 Å². The van der Waals surface area contributed by atoms with E-state index in [4.69, 9.17) is 0 Å². The van der Waals surface area contributed by atoms with Gasteiger partial charge in [0, 0.05) is 14.6 Å². The fourth-order valence-corrected chi connectivity index (χ4v) is 6.47. The van der Waals surface area contributed by atoms with E-state index in [1.807, 2.05) is 11.3 Å². The van der Waals surface area contributed by atoms with Crippen molar-refractivity contribution in [2.24, 2.45) is 11.8 Å². The van der Waals surface area contributed by atoms with Crippen molar-refractivity contribution in [2.45, 2.75) is 37.4 Å². The maximum Gasteiger partial charge on any atom is 0.0443 e. The fourth-order valence-electron chi connectivity index (χ4n) is 4.15. The lowest BCUT2D eigenvalue weighted by molar-refractivity contribution is 0.627. The molecule has 4 unspecified atom stereocenters. The van der Waals surface area contributed by atoms with E-state index in [2.05, 4.69) is 60.1 Å². The normalized spacial score (nSPS) is 28.6. The third-order valence-electron chi connectivity index (χ3n) is 5.11. The number of fused-ring (bicyclic) bond motifs is 3. The number of aryl methyl sites for hydroxylation is 3. The number of hydrogen-bond acceptors (Lipinski definition) is 1. The zero-order valence-electron chi connectivity index (χ0n) is 11.9. The molecule has 0 spiro atoms. The number of thiophene rings is 1. The molecule has 2 aliphatic rings. The van der Waals surface area contributed by atoms with Gasteiger partial charge in [0.1, 0.15) is 0 Å². The summed E-state index contributed by atoms with van der Waals surface area (Å²) in [6, 6.07) is 11.5. The molecule has 2 aromatic rings.